The second-order valence-electron chi connectivity index (χ2n) is 6.14. The van der Waals surface area contributed by atoms with Gasteiger partial charge in [-0.25, -0.2) is 0 Å². The average Bonchev–Trinajstić information content (AvgIpc) is 2.24. The molecule has 1 rings (SSSR count). The summed E-state index contributed by atoms with van der Waals surface area (Å²) >= 11 is 0. The molecule has 1 aromatic carbocycles. The van der Waals surface area contributed by atoms with Crippen LogP contribution in [0.3, 0.4) is 0 Å². The average molecular weight is 263 g/mol. The van der Waals surface area contributed by atoms with Gasteiger partial charge in [-0.3, -0.25) is 4.79 Å². The smallest absolute Gasteiger partial charge is 0.326 e. The topological polar surface area (TPSA) is 29.5 Å². The van der Waals surface area contributed by atoms with Gasteiger partial charge in [-0.05, 0) is 53.7 Å². The Labute approximate surface area is 116 Å². The van der Waals surface area contributed by atoms with Crippen LogP contribution in [0.15, 0.2) is 24.3 Å². The molecule has 0 aromatic heterocycles. The van der Waals surface area contributed by atoms with Crippen molar-refractivity contribution in [1.82, 2.24) is 0 Å². The van der Waals surface area contributed by atoms with Crippen LogP contribution in [0, 0.1) is 6.92 Å². The number of esters is 1. The molecule has 1 aromatic rings. The standard InChI is InChI=1S/C16H25NO2/c1-12(2)17(11-15(18)19-16(4,5)6)14-9-7-13(3)8-10-14/h7-10,12H,11H2,1-6H3. The Balaban J connectivity index is 2.79. The van der Waals surface area contributed by atoms with Crippen molar-refractivity contribution in [2.75, 3.05) is 11.4 Å². The minimum atomic E-state index is -0.437. The maximum atomic E-state index is 11.9. The summed E-state index contributed by atoms with van der Waals surface area (Å²) in [5.41, 5.74) is 1.82. The van der Waals surface area contributed by atoms with E-state index in [1.165, 1.54) is 5.56 Å². The summed E-state index contributed by atoms with van der Waals surface area (Å²) in [6.45, 7) is 12.1. The van der Waals surface area contributed by atoms with E-state index in [4.69, 9.17) is 4.74 Å². The summed E-state index contributed by atoms with van der Waals surface area (Å²) in [5.74, 6) is -0.193. The summed E-state index contributed by atoms with van der Waals surface area (Å²) in [6.07, 6.45) is 0. The summed E-state index contributed by atoms with van der Waals surface area (Å²) in [6, 6.07) is 8.44. The largest absolute Gasteiger partial charge is 0.459 e. The minimum absolute atomic E-state index is 0.193. The molecule has 0 unspecified atom stereocenters. The highest BCUT2D eigenvalue weighted by Crippen LogP contribution is 2.18. The molecule has 0 aliphatic carbocycles. The Morgan fingerprint density at radius 3 is 2.16 bits per heavy atom. The molecule has 0 aliphatic rings. The first-order valence-corrected chi connectivity index (χ1v) is 6.74. The van der Waals surface area contributed by atoms with Crippen LogP contribution in [0.5, 0.6) is 0 Å². The molecule has 0 heterocycles. The van der Waals surface area contributed by atoms with Crippen molar-refractivity contribution in [3.05, 3.63) is 29.8 Å². The molecule has 0 bridgehead atoms. The van der Waals surface area contributed by atoms with E-state index in [0.29, 0.717) is 0 Å². The maximum absolute atomic E-state index is 11.9. The Bertz CT molecular complexity index is 415. The van der Waals surface area contributed by atoms with Crippen LogP contribution in [-0.2, 0) is 9.53 Å². The van der Waals surface area contributed by atoms with Gasteiger partial charge in [0.15, 0.2) is 0 Å². The quantitative estimate of drug-likeness (QED) is 0.778. The predicted molar refractivity (Wildman–Crippen MR) is 79.5 cm³/mol. The molecule has 0 saturated carbocycles. The second kappa shape index (κ2) is 6.09. The van der Waals surface area contributed by atoms with Crippen LogP contribution in [0.4, 0.5) is 5.69 Å². The van der Waals surface area contributed by atoms with Crippen molar-refractivity contribution in [1.29, 1.82) is 0 Å². The van der Waals surface area contributed by atoms with Crippen molar-refractivity contribution >= 4 is 11.7 Å². The van der Waals surface area contributed by atoms with Crippen LogP contribution in [-0.4, -0.2) is 24.2 Å². The Morgan fingerprint density at radius 2 is 1.74 bits per heavy atom. The molecular formula is C16H25NO2. The number of aryl methyl sites for hydroxylation is 1. The monoisotopic (exact) mass is 263 g/mol. The third-order valence-corrected chi connectivity index (χ3v) is 2.71. The molecule has 0 amide bonds. The highest BCUT2D eigenvalue weighted by Gasteiger charge is 2.20. The van der Waals surface area contributed by atoms with Crippen molar-refractivity contribution in [2.24, 2.45) is 0 Å². The number of hydrogen-bond acceptors (Lipinski definition) is 3. The fraction of sp³-hybridized carbons (Fsp3) is 0.562. The number of nitrogens with zero attached hydrogens (tertiary/aromatic N) is 1. The summed E-state index contributed by atoms with van der Waals surface area (Å²) in [4.78, 5) is 14.0. The Hall–Kier alpha value is -1.51. The maximum Gasteiger partial charge on any atom is 0.326 e. The van der Waals surface area contributed by atoms with E-state index in [2.05, 4.69) is 32.9 Å². The normalized spacial score (nSPS) is 11.5. The van der Waals surface area contributed by atoms with Crippen LogP contribution >= 0.6 is 0 Å². The molecule has 0 atom stereocenters. The van der Waals surface area contributed by atoms with E-state index in [1.807, 2.05) is 37.8 Å². The molecule has 0 radical (unpaired) electrons. The van der Waals surface area contributed by atoms with E-state index in [9.17, 15) is 4.79 Å². The van der Waals surface area contributed by atoms with Gasteiger partial charge in [0.25, 0.3) is 0 Å². The van der Waals surface area contributed by atoms with E-state index < -0.39 is 5.60 Å². The van der Waals surface area contributed by atoms with Gasteiger partial charge in [-0.1, -0.05) is 17.7 Å². The molecule has 0 aliphatic heterocycles. The van der Waals surface area contributed by atoms with Gasteiger partial charge in [0.2, 0.25) is 0 Å². The van der Waals surface area contributed by atoms with Crippen molar-refractivity contribution < 1.29 is 9.53 Å². The fourth-order valence-corrected chi connectivity index (χ4v) is 1.82. The highest BCUT2D eigenvalue weighted by molar-refractivity contribution is 5.76. The molecule has 3 heteroatoms. The van der Waals surface area contributed by atoms with E-state index in [0.717, 1.165) is 5.69 Å². The van der Waals surface area contributed by atoms with Crippen LogP contribution in [0.1, 0.15) is 40.2 Å². The lowest BCUT2D eigenvalue weighted by Crippen LogP contribution is -2.38. The number of benzene rings is 1. The summed E-state index contributed by atoms with van der Waals surface area (Å²) < 4.78 is 5.38. The highest BCUT2D eigenvalue weighted by atomic mass is 16.6. The molecular weight excluding hydrogens is 238 g/mol. The molecule has 106 valence electrons. The SMILES string of the molecule is Cc1ccc(N(CC(=O)OC(C)(C)C)C(C)C)cc1. The molecule has 0 saturated heterocycles. The second-order valence-corrected chi connectivity index (χ2v) is 6.14. The van der Waals surface area contributed by atoms with Crippen LogP contribution < -0.4 is 4.90 Å². The number of hydrogen-bond donors (Lipinski definition) is 0. The van der Waals surface area contributed by atoms with Gasteiger partial charge >= 0.3 is 5.97 Å². The van der Waals surface area contributed by atoms with Crippen LogP contribution in [0.25, 0.3) is 0 Å². The van der Waals surface area contributed by atoms with Crippen molar-refractivity contribution in [3.8, 4) is 0 Å². The number of rotatable bonds is 4. The molecule has 3 nitrogen and oxygen atoms in total. The first kappa shape index (κ1) is 15.5. The zero-order valence-corrected chi connectivity index (χ0v) is 12.9. The van der Waals surface area contributed by atoms with E-state index in [1.54, 1.807) is 0 Å². The first-order chi connectivity index (χ1) is 8.69. The minimum Gasteiger partial charge on any atom is -0.459 e. The fourth-order valence-electron chi connectivity index (χ4n) is 1.82. The van der Waals surface area contributed by atoms with Crippen LogP contribution in [0.2, 0.25) is 0 Å². The molecule has 0 fully saturated rings. The number of ether oxygens (including phenoxy) is 1. The van der Waals surface area contributed by atoms with E-state index in [-0.39, 0.29) is 18.6 Å². The van der Waals surface area contributed by atoms with Gasteiger partial charge in [-0.2, -0.15) is 0 Å². The van der Waals surface area contributed by atoms with Crippen molar-refractivity contribution in [3.63, 3.8) is 0 Å². The Kier molecular flexibility index (Phi) is 4.98. The molecule has 0 spiro atoms. The third-order valence-electron chi connectivity index (χ3n) is 2.71. The van der Waals surface area contributed by atoms with Gasteiger partial charge in [0, 0.05) is 11.7 Å². The zero-order valence-electron chi connectivity index (χ0n) is 12.9. The third kappa shape index (κ3) is 5.33. The van der Waals surface area contributed by atoms with E-state index >= 15 is 0 Å². The lowest BCUT2D eigenvalue weighted by atomic mass is 10.2. The van der Waals surface area contributed by atoms with Gasteiger partial charge in [-0.15, -0.1) is 0 Å². The lowest BCUT2D eigenvalue weighted by Gasteiger charge is -2.29. The zero-order chi connectivity index (χ0) is 14.6. The summed E-state index contributed by atoms with van der Waals surface area (Å²) in [5, 5.41) is 0. The number of carbonyl (C=O) groups is 1. The first-order valence-electron chi connectivity index (χ1n) is 6.74. The lowest BCUT2D eigenvalue weighted by molar-refractivity contribution is -0.153. The van der Waals surface area contributed by atoms with Crippen molar-refractivity contribution in [2.45, 2.75) is 53.2 Å². The number of anilines is 1. The predicted octanol–water partition coefficient (Wildman–Crippen LogP) is 3.55. The van der Waals surface area contributed by atoms with Gasteiger partial charge < -0.3 is 9.64 Å². The molecule has 0 N–H and O–H groups in total. The van der Waals surface area contributed by atoms with Gasteiger partial charge in [0.05, 0.1) is 0 Å². The summed E-state index contributed by atoms with van der Waals surface area (Å²) in [7, 11) is 0. The number of carbonyl (C=O) groups excluding carboxylic acids is 1. The Morgan fingerprint density at radius 1 is 1.21 bits per heavy atom. The van der Waals surface area contributed by atoms with Gasteiger partial charge in [0.1, 0.15) is 12.1 Å². The molecule has 19 heavy (non-hydrogen) atoms.